The number of hydrogen-bond acceptors (Lipinski definition) is 4. The van der Waals surface area contributed by atoms with Crippen molar-refractivity contribution in [3.05, 3.63) is 30.1 Å². The Morgan fingerprint density at radius 3 is 2.96 bits per heavy atom. The fraction of sp³-hybridized carbons (Fsp3) is 0.684. The molecule has 2 saturated heterocycles. The second kappa shape index (κ2) is 8.08. The first-order valence-electron chi connectivity index (χ1n) is 9.19. The standard InChI is InChI=1S/C19H30N4O/c1-21(2)10-4-11-23-18-8-12-22(14-16-5-3-9-20-13-16)15-17(18)6-7-19(23)24/h3,5,9,13,17-18H,4,6-8,10-12,14-15H2,1-2H3/t17-,18+/m0/s1. The molecule has 0 unspecified atom stereocenters. The molecule has 5 heteroatoms. The van der Waals surface area contributed by atoms with E-state index in [1.165, 1.54) is 5.56 Å². The first-order valence-corrected chi connectivity index (χ1v) is 9.19. The van der Waals surface area contributed by atoms with Crippen molar-refractivity contribution in [2.24, 2.45) is 5.92 Å². The Morgan fingerprint density at radius 2 is 2.21 bits per heavy atom. The number of hydrogen-bond donors (Lipinski definition) is 0. The average Bonchev–Trinajstić information content (AvgIpc) is 2.57. The van der Waals surface area contributed by atoms with Crippen LogP contribution in [0, 0.1) is 5.92 Å². The Morgan fingerprint density at radius 1 is 1.33 bits per heavy atom. The summed E-state index contributed by atoms with van der Waals surface area (Å²) in [4.78, 5) is 23.5. The van der Waals surface area contributed by atoms with Crippen molar-refractivity contribution < 1.29 is 4.79 Å². The van der Waals surface area contributed by atoms with Gasteiger partial charge in [-0.05, 0) is 57.5 Å². The van der Waals surface area contributed by atoms with Crippen LogP contribution in [0.4, 0.5) is 0 Å². The van der Waals surface area contributed by atoms with Crippen LogP contribution in [0.5, 0.6) is 0 Å². The lowest BCUT2D eigenvalue weighted by Crippen LogP contribution is -2.56. The van der Waals surface area contributed by atoms with Crippen molar-refractivity contribution in [1.82, 2.24) is 19.7 Å². The smallest absolute Gasteiger partial charge is 0.222 e. The maximum absolute atomic E-state index is 12.4. The van der Waals surface area contributed by atoms with E-state index in [1.54, 1.807) is 0 Å². The van der Waals surface area contributed by atoms with Gasteiger partial charge in [-0.1, -0.05) is 6.07 Å². The van der Waals surface area contributed by atoms with Crippen LogP contribution in [0.3, 0.4) is 0 Å². The van der Waals surface area contributed by atoms with Crippen LogP contribution in [-0.4, -0.2) is 71.9 Å². The van der Waals surface area contributed by atoms with Crippen LogP contribution in [0.15, 0.2) is 24.5 Å². The maximum atomic E-state index is 12.4. The number of aromatic nitrogens is 1. The summed E-state index contributed by atoms with van der Waals surface area (Å²) in [5.74, 6) is 1.00. The average molecular weight is 330 g/mol. The number of rotatable bonds is 6. The molecule has 132 valence electrons. The first kappa shape index (κ1) is 17.4. The molecule has 1 aromatic heterocycles. The minimum Gasteiger partial charge on any atom is -0.339 e. The quantitative estimate of drug-likeness (QED) is 0.798. The molecule has 2 fully saturated rings. The van der Waals surface area contributed by atoms with Gasteiger partial charge in [0.1, 0.15) is 0 Å². The van der Waals surface area contributed by atoms with Crippen LogP contribution in [-0.2, 0) is 11.3 Å². The molecule has 3 heterocycles. The van der Waals surface area contributed by atoms with E-state index >= 15 is 0 Å². The third kappa shape index (κ3) is 4.33. The van der Waals surface area contributed by atoms with Crippen molar-refractivity contribution in [2.75, 3.05) is 40.3 Å². The summed E-state index contributed by atoms with van der Waals surface area (Å²) in [7, 11) is 4.19. The number of carbonyl (C=O) groups excluding carboxylic acids is 1. The lowest BCUT2D eigenvalue weighted by atomic mass is 9.83. The Labute approximate surface area is 145 Å². The molecule has 0 spiro atoms. The van der Waals surface area contributed by atoms with E-state index in [1.807, 2.05) is 18.5 Å². The topological polar surface area (TPSA) is 39.7 Å². The molecule has 0 aliphatic carbocycles. The molecule has 0 aromatic carbocycles. The van der Waals surface area contributed by atoms with Gasteiger partial charge in [-0.2, -0.15) is 0 Å². The highest BCUT2D eigenvalue weighted by atomic mass is 16.2. The fourth-order valence-corrected chi connectivity index (χ4v) is 4.17. The minimum atomic E-state index is 0.371. The first-order chi connectivity index (χ1) is 11.6. The number of piperidine rings is 2. The number of pyridine rings is 1. The SMILES string of the molecule is CN(C)CCCN1C(=O)CC[C@H]2CN(Cc3cccnc3)CC[C@H]21. The van der Waals surface area contributed by atoms with Gasteiger partial charge in [-0.25, -0.2) is 0 Å². The Hall–Kier alpha value is -1.46. The van der Waals surface area contributed by atoms with Gasteiger partial charge >= 0.3 is 0 Å². The van der Waals surface area contributed by atoms with Crippen molar-refractivity contribution in [2.45, 2.75) is 38.3 Å². The van der Waals surface area contributed by atoms with Gasteiger partial charge in [0.25, 0.3) is 0 Å². The third-order valence-electron chi connectivity index (χ3n) is 5.36. The third-order valence-corrected chi connectivity index (χ3v) is 5.36. The Kier molecular flexibility index (Phi) is 5.85. The van der Waals surface area contributed by atoms with Crippen molar-refractivity contribution in [3.8, 4) is 0 Å². The number of carbonyl (C=O) groups is 1. The zero-order valence-electron chi connectivity index (χ0n) is 15.0. The normalized spacial score (nSPS) is 25.1. The van der Waals surface area contributed by atoms with E-state index in [0.29, 0.717) is 17.9 Å². The predicted molar refractivity (Wildman–Crippen MR) is 95.5 cm³/mol. The van der Waals surface area contributed by atoms with Crippen LogP contribution in [0.2, 0.25) is 0 Å². The molecule has 2 atom stereocenters. The summed E-state index contributed by atoms with van der Waals surface area (Å²) in [6, 6.07) is 4.61. The second-order valence-electron chi connectivity index (χ2n) is 7.50. The van der Waals surface area contributed by atoms with Gasteiger partial charge in [0.15, 0.2) is 0 Å². The van der Waals surface area contributed by atoms with Gasteiger partial charge in [0.2, 0.25) is 5.91 Å². The fourth-order valence-electron chi connectivity index (χ4n) is 4.17. The predicted octanol–water partition coefficient (Wildman–Crippen LogP) is 1.85. The van der Waals surface area contributed by atoms with Gasteiger partial charge in [0.05, 0.1) is 0 Å². The zero-order valence-corrected chi connectivity index (χ0v) is 15.0. The molecule has 1 aromatic rings. The van der Waals surface area contributed by atoms with Gasteiger partial charge < -0.3 is 9.80 Å². The molecule has 3 rings (SSSR count). The van der Waals surface area contributed by atoms with E-state index in [9.17, 15) is 4.79 Å². The highest BCUT2D eigenvalue weighted by molar-refractivity contribution is 5.77. The van der Waals surface area contributed by atoms with Crippen LogP contribution in [0.1, 0.15) is 31.2 Å². The second-order valence-corrected chi connectivity index (χ2v) is 7.50. The summed E-state index contributed by atoms with van der Waals surface area (Å²) < 4.78 is 0. The van der Waals surface area contributed by atoms with Crippen molar-refractivity contribution in [3.63, 3.8) is 0 Å². The highest BCUT2D eigenvalue weighted by Gasteiger charge is 2.38. The summed E-state index contributed by atoms with van der Waals surface area (Å²) in [5.41, 5.74) is 1.28. The van der Waals surface area contributed by atoms with E-state index in [-0.39, 0.29) is 0 Å². The molecular weight excluding hydrogens is 300 g/mol. The van der Waals surface area contributed by atoms with E-state index in [0.717, 1.165) is 58.4 Å². The van der Waals surface area contributed by atoms with Gasteiger partial charge in [-0.3, -0.25) is 14.7 Å². The molecule has 5 nitrogen and oxygen atoms in total. The van der Waals surface area contributed by atoms with Crippen LogP contribution in [0.25, 0.3) is 0 Å². The zero-order chi connectivity index (χ0) is 16.9. The number of fused-ring (bicyclic) bond motifs is 1. The van der Waals surface area contributed by atoms with E-state index in [2.05, 4.69) is 39.8 Å². The number of amides is 1. The highest BCUT2D eigenvalue weighted by Crippen LogP contribution is 2.31. The summed E-state index contributed by atoms with van der Waals surface area (Å²) in [5, 5.41) is 0. The molecule has 2 aliphatic heterocycles. The summed E-state index contributed by atoms with van der Waals surface area (Å²) in [6.07, 6.45) is 7.75. The maximum Gasteiger partial charge on any atom is 0.222 e. The largest absolute Gasteiger partial charge is 0.339 e. The molecule has 2 aliphatic rings. The number of likely N-dealkylation sites (tertiary alicyclic amines) is 2. The minimum absolute atomic E-state index is 0.371. The lowest BCUT2D eigenvalue weighted by Gasteiger charge is -2.47. The van der Waals surface area contributed by atoms with Gasteiger partial charge in [-0.15, -0.1) is 0 Å². The van der Waals surface area contributed by atoms with Crippen molar-refractivity contribution >= 4 is 5.91 Å². The van der Waals surface area contributed by atoms with Gasteiger partial charge in [0, 0.05) is 51.0 Å². The molecule has 0 radical (unpaired) electrons. The Bertz CT molecular complexity index is 533. The lowest BCUT2D eigenvalue weighted by molar-refractivity contribution is -0.141. The van der Waals surface area contributed by atoms with E-state index in [4.69, 9.17) is 0 Å². The molecule has 0 saturated carbocycles. The molecule has 1 amide bonds. The molecule has 24 heavy (non-hydrogen) atoms. The summed E-state index contributed by atoms with van der Waals surface area (Å²) in [6.45, 7) is 5.13. The number of nitrogens with zero attached hydrogens (tertiary/aromatic N) is 4. The van der Waals surface area contributed by atoms with Crippen LogP contribution >= 0.6 is 0 Å². The Balaban J connectivity index is 1.56. The van der Waals surface area contributed by atoms with E-state index < -0.39 is 0 Å². The van der Waals surface area contributed by atoms with Crippen molar-refractivity contribution in [1.29, 1.82) is 0 Å². The molecule has 0 N–H and O–H groups in total. The molecular formula is C19H30N4O. The summed E-state index contributed by atoms with van der Waals surface area (Å²) >= 11 is 0. The van der Waals surface area contributed by atoms with Crippen LogP contribution < -0.4 is 0 Å². The monoisotopic (exact) mass is 330 g/mol. The molecule has 0 bridgehead atoms.